The third-order valence-corrected chi connectivity index (χ3v) is 27.6. The van der Waals surface area contributed by atoms with E-state index in [1.165, 1.54) is 284 Å². The van der Waals surface area contributed by atoms with Crippen molar-refractivity contribution >= 4 is 140 Å². The summed E-state index contributed by atoms with van der Waals surface area (Å²) < 4.78 is 8.92. The first kappa shape index (κ1) is 78.8. The minimum absolute atomic E-state index is 0.0818. The zero-order valence-corrected chi connectivity index (χ0v) is 66.7. The molecule has 0 aliphatic rings. The van der Waals surface area contributed by atoms with Crippen molar-refractivity contribution in [3.63, 3.8) is 0 Å². The van der Waals surface area contributed by atoms with Crippen LogP contribution in [-0.2, 0) is 25.9 Å². The summed E-state index contributed by atoms with van der Waals surface area (Å²) in [5.41, 5.74) is 2.38. The molecule has 0 aliphatic carbocycles. The Balaban J connectivity index is 0.000000318. The van der Waals surface area contributed by atoms with Crippen LogP contribution in [0.3, 0.4) is 0 Å². The van der Waals surface area contributed by atoms with Gasteiger partial charge in [0, 0.05) is 32.6 Å². The van der Waals surface area contributed by atoms with E-state index < -0.39 is 0 Å². The molecule has 0 radical (unpaired) electrons. The van der Waals surface area contributed by atoms with E-state index in [1.807, 2.05) is 34.8 Å². The lowest BCUT2D eigenvalue weighted by molar-refractivity contribution is 0.351. The van der Waals surface area contributed by atoms with Crippen molar-refractivity contribution in [1.29, 1.82) is 0 Å². The Morgan fingerprint density at radius 3 is 0.894 bits per heavy atom. The summed E-state index contributed by atoms with van der Waals surface area (Å²) in [5.74, 6) is 0.707. The highest BCUT2D eigenvalue weighted by Gasteiger charge is 2.24. The summed E-state index contributed by atoms with van der Waals surface area (Å²) in [4.78, 5) is 61.9. The SMILES string of the molecule is CCCCCCCCC(CCCCCC)Cn1c(=O)c2cc(Br)sc2c2sc(Br)cc2c1=O.CCCCCCCCCCc1ccsc1-c1cc2c(=O)n(CC(CCCCCC)CCCCCCCC)c(=O)c3cc(-c4sccc4CCCCCCCCCC)sc3c2s1. The summed E-state index contributed by atoms with van der Waals surface area (Å²) in [6, 6.07) is 12.7. The standard InChI is InChI=1S/C54H81NO2S4.C26H35Br2NO2S2/c1-5-9-13-17-20-22-25-29-33-43-35-37-58-49(43)47-39-45-51(60-47)52-46(40-48(61-52)50-44(36-38-59-50)34-30-26-23-21-18-14-10-6-2)54(57)55(53(45)56)41-42(31-27-16-12-8-4)32-28-24-19-15-11-7-3;1-3-5-7-9-10-12-14-18(13-11-8-6-4-2)17-29-25(30)19-15-21(27)32-23(19)24-20(26(29)31)16-22(28)33-24/h35-40,42H,5-34,41H2,1-4H3;15-16,18H,3-14,17H2,1-2H3. The maximum atomic E-state index is 14.9. The van der Waals surface area contributed by atoms with Gasteiger partial charge in [-0.1, -0.05) is 260 Å². The largest absolute Gasteiger partial charge is 0.274 e. The number of nitrogens with zero attached hydrogens (tertiary/aromatic N) is 2. The minimum atomic E-state index is -0.141. The second-order valence-electron chi connectivity index (χ2n) is 27.3. The third kappa shape index (κ3) is 24.4. The van der Waals surface area contributed by atoms with E-state index in [9.17, 15) is 19.2 Å². The van der Waals surface area contributed by atoms with Crippen LogP contribution in [0.4, 0.5) is 0 Å². The molecule has 8 heterocycles. The molecule has 0 saturated carbocycles. The third-order valence-electron chi connectivity index (χ3n) is 19.5. The zero-order valence-electron chi connectivity index (χ0n) is 58.6. The lowest BCUT2D eigenvalue weighted by atomic mass is 9.94. The van der Waals surface area contributed by atoms with Crippen LogP contribution < -0.4 is 22.2 Å². The molecule has 0 amide bonds. The van der Waals surface area contributed by atoms with Crippen LogP contribution >= 0.6 is 99.9 Å². The van der Waals surface area contributed by atoms with Crippen LogP contribution in [0.25, 0.3) is 59.9 Å². The van der Waals surface area contributed by atoms with Gasteiger partial charge in [-0.25, -0.2) is 0 Å². The normalized spacial score (nSPS) is 12.5. The van der Waals surface area contributed by atoms with Gasteiger partial charge in [-0.3, -0.25) is 28.3 Å². The van der Waals surface area contributed by atoms with E-state index in [0.717, 1.165) is 75.7 Å². The lowest BCUT2D eigenvalue weighted by Gasteiger charge is -2.17. The van der Waals surface area contributed by atoms with Crippen molar-refractivity contribution in [3.8, 4) is 19.5 Å². The van der Waals surface area contributed by atoms with Gasteiger partial charge < -0.3 is 0 Å². The van der Waals surface area contributed by atoms with Gasteiger partial charge in [-0.15, -0.1) is 68.0 Å². The Labute approximate surface area is 606 Å². The fourth-order valence-corrected chi connectivity index (χ4v) is 21.9. The predicted octanol–water partition coefficient (Wildman–Crippen LogP) is 28.3. The van der Waals surface area contributed by atoms with Gasteiger partial charge in [0.25, 0.3) is 22.2 Å². The van der Waals surface area contributed by atoms with E-state index in [0.29, 0.717) is 35.7 Å². The topological polar surface area (TPSA) is 78.1 Å². The molecular formula is C80H116Br2N2O4S6. The quantitative estimate of drug-likeness (QED) is 0.0356. The number of rotatable bonds is 48. The van der Waals surface area contributed by atoms with Crippen molar-refractivity contribution in [2.45, 2.75) is 324 Å². The molecular weight excluding hydrogens is 1410 g/mol. The maximum Gasteiger partial charge on any atom is 0.262 e. The molecule has 520 valence electrons. The van der Waals surface area contributed by atoms with Gasteiger partial charge in [0.2, 0.25) is 0 Å². The van der Waals surface area contributed by atoms with E-state index in [-0.39, 0.29) is 22.2 Å². The van der Waals surface area contributed by atoms with Crippen molar-refractivity contribution in [2.75, 3.05) is 0 Å². The number of fused-ring (bicyclic) bond motifs is 6. The van der Waals surface area contributed by atoms with Crippen molar-refractivity contribution < 1.29 is 0 Å². The van der Waals surface area contributed by atoms with E-state index in [2.05, 4.69) is 108 Å². The molecule has 0 N–H and O–H groups in total. The summed E-state index contributed by atoms with van der Waals surface area (Å²) in [5, 5.41) is 7.25. The van der Waals surface area contributed by atoms with Crippen molar-refractivity contribution in [1.82, 2.24) is 9.13 Å². The predicted molar refractivity (Wildman–Crippen MR) is 431 cm³/mol. The van der Waals surface area contributed by atoms with Gasteiger partial charge in [-0.2, -0.15) is 0 Å². The Bertz CT molecular complexity index is 3500. The van der Waals surface area contributed by atoms with Crippen LogP contribution in [0.5, 0.6) is 0 Å². The minimum Gasteiger partial charge on any atom is -0.274 e. The highest BCUT2D eigenvalue weighted by molar-refractivity contribution is 9.11. The molecule has 0 saturated heterocycles. The Kier molecular flexibility index (Phi) is 37.3. The number of thiophene rings is 6. The fourth-order valence-electron chi connectivity index (χ4n) is 13.8. The summed E-state index contributed by atoms with van der Waals surface area (Å²) >= 11 is 17.3. The highest BCUT2D eigenvalue weighted by Crippen LogP contribution is 2.45. The lowest BCUT2D eigenvalue weighted by Crippen LogP contribution is -2.33. The molecule has 94 heavy (non-hydrogen) atoms. The van der Waals surface area contributed by atoms with E-state index >= 15 is 0 Å². The first-order valence-electron chi connectivity index (χ1n) is 37.7. The first-order chi connectivity index (χ1) is 46.0. The van der Waals surface area contributed by atoms with Gasteiger partial charge in [0.15, 0.2) is 0 Å². The second kappa shape index (κ2) is 44.5. The molecule has 6 nitrogen and oxygen atoms in total. The molecule has 0 bridgehead atoms. The van der Waals surface area contributed by atoms with Crippen LogP contribution in [0.15, 0.2) is 73.9 Å². The van der Waals surface area contributed by atoms with Crippen LogP contribution in [0, 0.1) is 11.8 Å². The number of hydrogen-bond acceptors (Lipinski definition) is 10. The molecule has 2 atom stereocenters. The van der Waals surface area contributed by atoms with Gasteiger partial charge in [0.05, 0.1) is 47.9 Å². The number of hydrogen-bond donors (Lipinski definition) is 0. The Morgan fingerprint density at radius 1 is 0.330 bits per heavy atom. The van der Waals surface area contributed by atoms with Crippen molar-refractivity contribution in [2.24, 2.45) is 11.8 Å². The molecule has 0 fully saturated rings. The number of halogens is 2. The molecule has 14 heteroatoms. The van der Waals surface area contributed by atoms with Crippen LogP contribution in [-0.4, -0.2) is 9.13 Å². The summed E-state index contributed by atoms with van der Waals surface area (Å²) in [7, 11) is 0. The first-order valence-corrected chi connectivity index (χ1v) is 44.3. The smallest absolute Gasteiger partial charge is 0.262 e. The molecule has 0 spiro atoms. The Hall–Kier alpha value is -2.56. The molecule has 2 unspecified atom stereocenters. The van der Waals surface area contributed by atoms with Crippen LogP contribution in [0.1, 0.15) is 310 Å². The molecule has 8 aromatic rings. The van der Waals surface area contributed by atoms with Gasteiger partial charge in [-0.05, 0) is 153 Å². The van der Waals surface area contributed by atoms with Gasteiger partial charge in [0.1, 0.15) is 0 Å². The number of aromatic nitrogens is 2. The molecule has 0 aromatic carbocycles. The Morgan fingerprint density at radius 2 is 0.585 bits per heavy atom. The average molecular weight is 1520 g/mol. The molecule has 8 rings (SSSR count). The number of unbranched alkanes of at least 4 members (excludes halogenated alkanes) is 30. The van der Waals surface area contributed by atoms with E-state index in [4.69, 9.17) is 0 Å². The highest BCUT2D eigenvalue weighted by atomic mass is 79.9. The zero-order chi connectivity index (χ0) is 66.9. The summed E-state index contributed by atoms with van der Waals surface area (Å²) in [6.45, 7) is 14.7. The van der Waals surface area contributed by atoms with E-state index in [1.54, 1.807) is 31.8 Å². The molecule has 8 aromatic heterocycles. The van der Waals surface area contributed by atoms with Crippen molar-refractivity contribution in [3.05, 3.63) is 107 Å². The monoisotopic (exact) mass is 1520 g/mol. The van der Waals surface area contributed by atoms with Gasteiger partial charge >= 0.3 is 0 Å². The maximum absolute atomic E-state index is 14.9. The second-order valence-corrected chi connectivity index (χ2v) is 36.1. The average Bonchev–Trinajstić information content (AvgIpc) is 1.60. The fraction of sp³-hybridized carbons (Fsp3) is 0.650. The molecule has 0 aliphatic heterocycles. The summed E-state index contributed by atoms with van der Waals surface area (Å²) in [6.07, 6.45) is 52.6. The van der Waals surface area contributed by atoms with Crippen LogP contribution in [0.2, 0.25) is 0 Å². The number of aryl methyl sites for hydroxylation is 2.